The number of nitrogens with one attached hydrogen (secondary N) is 3. The molecule has 3 amide bonds. The summed E-state index contributed by atoms with van der Waals surface area (Å²) in [6.07, 6.45) is -0.0977. The van der Waals surface area contributed by atoms with Crippen LogP contribution in [-0.2, 0) is 14.4 Å². The number of hydrogen-bond acceptors (Lipinski definition) is 4. The molecule has 0 radical (unpaired) electrons. The van der Waals surface area contributed by atoms with Crippen LogP contribution in [0.1, 0.15) is 29.0 Å². The summed E-state index contributed by atoms with van der Waals surface area (Å²) in [5, 5.41) is 2.53. The second-order valence-corrected chi connectivity index (χ2v) is 6.61. The molecule has 2 aromatic carbocycles. The third-order valence-electron chi connectivity index (χ3n) is 4.54. The fourth-order valence-electron chi connectivity index (χ4n) is 2.88. The van der Waals surface area contributed by atoms with Crippen LogP contribution in [0.5, 0.6) is 5.75 Å². The average Bonchev–Trinajstić information content (AvgIpc) is 2.66. The van der Waals surface area contributed by atoms with E-state index < -0.39 is 29.5 Å². The van der Waals surface area contributed by atoms with Gasteiger partial charge < -0.3 is 10.1 Å². The van der Waals surface area contributed by atoms with Crippen LogP contribution in [0.3, 0.4) is 0 Å². The zero-order valence-electron chi connectivity index (χ0n) is 15.5. The van der Waals surface area contributed by atoms with Gasteiger partial charge in [-0.2, -0.15) is 0 Å². The molecule has 0 fully saturated rings. The Balaban J connectivity index is 1.56. The third kappa shape index (κ3) is 4.46. The van der Waals surface area contributed by atoms with Gasteiger partial charge in [0.2, 0.25) is 11.8 Å². The van der Waals surface area contributed by atoms with E-state index in [0.29, 0.717) is 11.3 Å². The maximum absolute atomic E-state index is 13.4. The first-order valence-corrected chi connectivity index (χ1v) is 8.71. The van der Waals surface area contributed by atoms with E-state index in [2.05, 4.69) is 16.2 Å². The predicted octanol–water partition coefficient (Wildman–Crippen LogP) is 2.09. The number of hydrazine groups is 1. The summed E-state index contributed by atoms with van der Waals surface area (Å²) < 4.78 is 18.8. The van der Waals surface area contributed by atoms with Crippen LogP contribution >= 0.6 is 0 Å². The van der Waals surface area contributed by atoms with E-state index in [1.165, 1.54) is 12.1 Å². The number of benzene rings is 2. The third-order valence-corrected chi connectivity index (χ3v) is 4.54. The number of halogens is 1. The Labute approximate surface area is 161 Å². The Hall–Kier alpha value is -3.42. The van der Waals surface area contributed by atoms with Crippen molar-refractivity contribution in [2.45, 2.75) is 26.2 Å². The number of ether oxygens (including phenoxy) is 1. The fourth-order valence-corrected chi connectivity index (χ4v) is 2.88. The lowest BCUT2D eigenvalue weighted by atomic mass is 9.90. The minimum absolute atomic E-state index is 0.0977. The average molecular weight is 385 g/mol. The standard InChI is InChI=1S/C20H20FN3O4/c1-11-3-5-14(7-12(11)2)28-10-19(26)23-24-20(27)16-9-18(25)22-17-8-13(21)4-6-15(16)17/h3-8,16H,9-10H2,1-2H3,(H,22,25)(H,23,26)(H,24,27)/t16-/m0/s1. The number of aryl methyl sites for hydroxylation is 2. The predicted molar refractivity (Wildman–Crippen MR) is 100 cm³/mol. The smallest absolute Gasteiger partial charge is 0.276 e. The van der Waals surface area contributed by atoms with Crippen molar-refractivity contribution < 1.29 is 23.5 Å². The van der Waals surface area contributed by atoms with Crippen molar-refractivity contribution in [2.24, 2.45) is 0 Å². The largest absolute Gasteiger partial charge is 0.484 e. The molecular formula is C20H20FN3O4. The summed E-state index contributed by atoms with van der Waals surface area (Å²) in [4.78, 5) is 36.1. The lowest BCUT2D eigenvalue weighted by molar-refractivity contribution is -0.131. The van der Waals surface area contributed by atoms with Crippen LogP contribution in [0.4, 0.5) is 10.1 Å². The second-order valence-electron chi connectivity index (χ2n) is 6.61. The van der Waals surface area contributed by atoms with Gasteiger partial charge in [-0.15, -0.1) is 0 Å². The van der Waals surface area contributed by atoms with E-state index >= 15 is 0 Å². The fraction of sp³-hybridized carbons (Fsp3) is 0.250. The number of amides is 3. The van der Waals surface area contributed by atoms with Gasteiger partial charge in [-0.05, 0) is 54.8 Å². The SMILES string of the molecule is Cc1ccc(OCC(=O)NNC(=O)[C@H]2CC(=O)Nc3cc(F)ccc32)cc1C. The van der Waals surface area contributed by atoms with Gasteiger partial charge in [-0.25, -0.2) is 4.39 Å². The Morgan fingerprint density at radius 1 is 1.14 bits per heavy atom. The number of fused-ring (bicyclic) bond motifs is 1. The molecule has 0 aromatic heterocycles. The van der Waals surface area contributed by atoms with E-state index in [1.54, 1.807) is 6.07 Å². The first kappa shape index (κ1) is 19.3. The zero-order chi connectivity index (χ0) is 20.3. The molecule has 28 heavy (non-hydrogen) atoms. The van der Waals surface area contributed by atoms with Crippen molar-refractivity contribution in [1.29, 1.82) is 0 Å². The molecule has 3 N–H and O–H groups in total. The van der Waals surface area contributed by atoms with Gasteiger partial charge in [0.15, 0.2) is 6.61 Å². The van der Waals surface area contributed by atoms with Crippen molar-refractivity contribution in [3.63, 3.8) is 0 Å². The highest BCUT2D eigenvalue weighted by Gasteiger charge is 2.31. The summed E-state index contributed by atoms with van der Waals surface area (Å²) >= 11 is 0. The highest BCUT2D eigenvalue weighted by Crippen LogP contribution is 2.32. The summed E-state index contributed by atoms with van der Waals surface area (Å²) in [6, 6.07) is 9.27. The molecule has 0 saturated carbocycles. The second kappa shape index (κ2) is 8.08. The summed E-state index contributed by atoms with van der Waals surface area (Å²) in [7, 11) is 0. The van der Waals surface area contributed by atoms with Crippen LogP contribution in [0.25, 0.3) is 0 Å². The molecule has 1 heterocycles. The molecule has 7 nitrogen and oxygen atoms in total. The lowest BCUT2D eigenvalue weighted by Gasteiger charge is -2.24. The minimum atomic E-state index is -0.828. The molecule has 0 saturated heterocycles. The molecule has 0 aliphatic carbocycles. The van der Waals surface area contributed by atoms with Crippen LogP contribution in [0, 0.1) is 19.7 Å². The van der Waals surface area contributed by atoms with Crippen molar-refractivity contribution >= 4 is 23.4 Å². The summed E-state index contributed by atoms with van der Waals surface area (Å²) in [5.41, 5.74) is 7.44. The molecular weight excluding hydrogens is 365 g/mol. The molecule has 2 aromatic rings. The minimum Gasteiger partial charge on any atom is -0.484 e. The molecule has 1 aliphatic rings. The van der Waals surface area contributed by atoms with E-state index in [1.807, 2.05) is 26.0 Å². The summed E-state index contributed by atoms with van der Waals surface area (Å²) in [5.74, 6) is -2.32. The van der Waals surface area contributed by atoms with Crippen molar-refractivity contribution in [2.75, 3.05) is 11.9 Å². The number of hydrogen-bond donors (Lipinski definition) is 3. The van der Waals surface area contributed by atoms with Crippen LogP contribution in [0.2, 0.25) is 0 Å². The van der Waals surface area contributed by atoms with Crippen molar-refractivity contribution in [1.82, 2.24) is 10.9 Å². The number of rotatable bonds is 4. The normalized spacial score (nSPS) is 15.2. The Morgan fingerprint density at radius 2 is 1.93 bits per heavy atom. The molecule has 3 rings (SSSR count). The van der Waals surface area contributed by atoms with Crippen LogP contribution in [0.15, 0.2) is 36.4 Å². The van der Waals surface area contributed by atoms with Gasteiger partial charge in [-0.3, -0.25) is 25.2 Å². The summed E-state index contributed by atoms with van der Waals surface area (Å²) in [6.45, 7) is 3.63. The molecule has 1 atom stereocenters. The number of carbonyl (C=O) groups excluding carboxylic acids is 3. The molecule has 146 valence electrons. The van der Waals surface area contributed by atoms with E-state index in [-0.39, 0.29) is 18.7 Å². The Kier molecular flexibility index (Phi) is 5.58. The molecule has 0 unspecified atom stereocenters. The van der Waals surface area contributed by atoms with Crippen molar-refractivity contribution in [3.05, 3.63) is 58.9 Å². The van der Waals surface area contributed by atoms with E-state index in [9.17, 15) is 18.8 Å². The molecule has 0 spiro atoms. The topological polar surface area (TPSA) is 96.5 Å². The highest BCUT2D eigenvalue weighted by atomic mass is 19.1. The van der Waals surface area contributed by atoms with Gasteiger partial charge in [0.05, 0.1) is 5.92 Å². The van der Waals surface area contributed by atoms with E-state index in [4.69, 9.17) is 4.74 Å². The van der Waals surface area contributed by atoms with Crippen LogP contribution < -0.4 is 20.9 Å². The van der Waals surface area contributed by atoms with Gasteiger partial charge in [0.25, 0.3) is 5.91 Å². The molecule has 8 heteroatoms. The first-order chi connectivity index (χ1) is 13.3. The maximum Gasteiger partial charge on any atom is 0.276 e. The monoisotopic (exact) mass is 385 g/mol. The highest BCUT2D eigenvalue weighted by molar-refractivity contribution is 6.01. The zero-order valence-corrected chi connectivity index (χ0v) is 15.5. The van der Waals surface area contributed by atoms with Crippen LogP contribution in [-0.4, -0.2) is 24.3 Å². The number of anilines is 1. The van der Waals surface area contributed by atoms with Crippen molar-refractivity contribution in [3.8, 4) is 5.75 Å². The maximum atomic E-state index is 13.4. The van der Waals surface area contributed by atoms with E-state index in [0.717, 1.165) is 17.2 Å². The Bertz CT molecular complexity index is 945. The first-order valence-electron chi connectivity index (χ1n) is 8.71. The van der Waals surface area contributed by atoms with Gasteiger partial charge in [0, 0.05) is 12.1 Å². The number of carbonyl (C=O) groups is 3. The van der Waals surface area contributed by atoms with Gasteiger partial charge >= 0.3 is 0 Å². The Morgan fingerprint density at radius 3 is 2.68 bits per heavy atom. The van der Waals surface area contributed by atoms with Gasteiger partial charge in [-0.1, -0.05) is 12.1 Å². The quantitative estimate of drug-likeness (QED) is 0.702. The lowest BCUT2D eigenvalue weighted by Crippen LogP contribution is -2.47. The van der Waals surface area contributed by atoms with Gasteiger partial charge in [0.1, 0.15) is 11.6 Å². The molecule has 1 aliphatic heterocycles. The molecule has 0 bridgehead atoms.